The highest BCUT2D eigenvalue weighted by molar-refractivity contribution is 9.10. The summed E-state index contributed by atoms with van der Waals surface area (Å²) in [6.45, 7) is 0. The quantitative estimate of drug-likeness (QED) is 0.290. The number of halogens is 1. The van der Waals surface area contributed by atoms with E-state index in [1.807, 2.05) is 18.4 Å². The summed E-state index contributed by atoms with van der Waals surface area (Å²) in [7, 11) is 0. The zero-order valence-corrected chi connectivity index (χ0v) is 12.6. The zero-order valence-electron chi connectivity index (χ0n) is 9.42. The highest BCUT2D eigenvalue weighted by Crippen LogP contribution is 2.31. The maximum Gasteiger partial charge on any atom is 0.190 e. The lowest BCUT2D eigenvalue weighted by molar-refractivity contribution is 0.891. The van der Waals surface area contributed by atoms with Crippen LogP contribution in [0.1, 0.15) is 0 Å². The summed E-state index contributed by atoms with van der Waals surface area (Å²) >= 11 is 6.37. The molecule has 2 aromatic rings. The minimum atomic E-state index is 0.587. The second-order valence-electron chi connectivity index (χ2n) is 3.11. The van der Waals surface area contributed by atoms with Crippen molar-refractivity contribution in [2.75, 3.05) is 11.7 Å². The van der Waals surface area contributed by atoms with E-state index in [0.29, 0.717) is 11.0 Å². The second kappa shape index (κ2) is 6.37. The number of hydrogen-bond acceptors (Lipinski definition) is 7. The third kappa shape index (κ3) is 3.35. The Morgan fingerprint density at radius 1 is 1.39 bits per heavy atom. The summed E-state index contributed by atoms with van der Waals surface area (Å²) in [5.41, 5.74) is 2.53. The SMILES string of the molecule is CSc1nc(NN)cc(Sc2ncccc2Br)n1. The molecule has 0 spiro atoms. The van der Waals surface area contributed by atoms with E-state index >= 15 is 0 Å². The highest BCUT2D eigenvalue weighted by Gasteiger charge is 2.08. The van der Waals surface area contributed by atoms with Gasteiger partial charge >= 0.3 is 0 Å². The lowest BCUT2D eigenvalue weighted by atomic mass is 10.5. The van der Waals surface area contributed by atoms with Gasteiger partial charge in [-0.2, -0.15) is 0 Å². The van der Waals surface area contributed by atoms with Gasteiger partial charge in [-0.1, -0.05) is 11.8 Å². The van der Waals surface area contributed by atoms with E-state index in [1.54, 1.807) is 12.3 Å². The molecule has 2 rings (SSSR count). The predicted octanol–water partition coefficient (Wildman–Crippen LogP) is 2.79. The number of nitrogens with zero attached hydrogens (tertiary/aromatic N) is 3. The van der Waals surface area contributed by atoms with Crippen LogP contribution in [-0.4, -0.2) is 21.2 Å². The molecule has 0 saturated carbocycles. The van der Waals surface area contributed by atoms with Gasteiger partial charge in [-0.15, -0.1) is 0 Å². The highest BCUT2D eigenvalue weighted by atomic mass is 79.9. The van der Waals surface area contributed by atoms with Crippen LogP contribution >= 0.6 is 39.5 Å². The van der Waals surface area contributed by atoms with Gasteiger partial charge in [0.25, 0.3) is 0 Å². The molecule has 0 aliphatic rings. The number of nitrogens with two attached hydrogens (primary N) is 1. The van der Waals surface area contributed by atoms with Crippen LogP contribution in [0, 0.1) is 0 Å². The molecule has 2 heterocycles. The summed E-state index contributed by atoms with van der Waals surface area (Å²) in [5, 5.41) is 2.31. The minimum absolute atomic E-state index is 0.587. The van der Waals surface area contributed by atoms with Gasteiger partial charge < -0.3 is 5.43 Å². The van der Waals surface area contributed by atoms with Gasteiger partial charge in [0.1, 0.15) is 15.9 Å². The Balaban J connectivity index is 2.31. The predicted molar refractivity (Wildman–Crippen MR) is 77.7 cm³/mol. The lowest BCUT2D eigenvalue weighted by Crippen LogP contribution is -2.09. The Morgan fingerprint density at radius 2 is 2.22 bits per heavy atom. The molecule has 94 valence electrons. The Morgan fingerprint density at radius 3 is 2.89 bits per heavy atom. The van der Waals surface area contributed by atoms with Gasteiger partial charge in [0.2, 0.25) is 0 Å². The van der Waals surface area contributed by atoms with Crippen molar-refractivity contribution >= 4 is 45.3 Å². The number of nitrogen functional groups attached to an aromatic ring is 1. The first-order chi connectivity index (χ1) is 8.72. The van der Waals surface area contributed by atoms with Gasteiger partial charge in [-0.25, -0.2) is 20.8 Å². The van der Waals surface area contributed by atoms with Crippen LogP contribution in [0.4, 0.5) is 5.82 Å². The molecule has 0 atom stereocenters. The van der Waals surface area contributed by atoms with Crippen molar-refractivity contribution in [1.29, 1.82) is 0 Å². The number of nitrogens with one attached hydrogen (secondary N) is 1. The first kappa shape index (κ1) is 13.6. The number of aromatic nitrogens is 3. The standard InChI is InChI=1S/C10H10BrN5S2/c1-17-10-14-7(16-12)5-8(15-10)18-9-6(11)3-2-4-13-9/h2-5H,12H2,1H3,(H,14,15,16). The topological polar surface area (TPSA) is 76.7 Å². The third-order valence-electron chi connectivity index (χ3n) is 1.94. The van der Waals surface area contributed by atoms with Gasteiger partial charge in [-0.05, 0) is 46.1 Å². The molecule has 0 radical (unpaired) electrons. The number of hydrogen-bond donors (Lipinski definition) is 2. The number of pyridine rings is 1. The van der Waals surface area contributed by atoms with E-state index in [9.17, 15) is 0 Å². The molecule has 3 N–H and O–H groups in total. The van der Waals surface area contributed by atoms with E-state index in [0.717, 1.165) is 14.5 Å². The Hall–Kier alpha value is -0.830. The Kier molecular flexibility index (Phi) is 4.81. The largest absolute Gasteiger partial charge is 0.308 e. The maximum absolute atomic E-state index is 5.38. The number of hydrazine groups is 1. The first-order valence-electron chi connectivity index (χ1n) is 4.91. The van der Waals surface area contributed by atoms with Crippen LogP contribution in [-0.2, 0) is 0 Å². The summed E-state index contributed by atoms with van der Waals surface area (Å²) in [4.78, 5) is 12.9. The molecular weight excluding hydrogens is 334 g/mol. The van der Waals surface area contributed by atoms with Crippen molar-refractivity contribution in [2.24, 2.45) is 5.84 Å². The van der Waals surface area contributed by atoms with Crippen molar-refractivity contribution in [2.45, 2.75) is 15.2 Å². The van der Waals surface area contributed by atoms with Crippen LogP contribution in [0.2, 0.25) is 0 Å². The van der Waals surface area contributed by atoms with Crippen LogP contribution in [0.25, 0.3) is 0 Å². The molecule has 5 nitrogen and oxygen atoms in total. The normalized spacial score (nSPS) is 10.4. The van der Waals surface area contributed by atoms with Crippen LogP contribution in [0.15, 0.2) is 44.1 Å². The van der Waals surface area contributed by atoms with E-state index in [4.69, 9.17) is 5.84 Å². The van der Waals surface area contributed by atoms with E-state index in [1.165, 1.54) is 23.5 Å². The first-order valence-corrected chi connectivity index (χ1v) is 7.74. The molecule has 0 unspecified atom stereocenters. The zero-order chi connectivity index (χ0) is 13.0. The van der Waals surface area contributed by atoms with Crippen molar-refractivity contribution in [3.05, 3.63) is 28.9 Å². The monoisotopic (exact) mass is 343 g/mol. The third-order valence-corrected chi connectivity index (χ3v) is 4.33. The molecule has 0 aromatic carbocycles. The Bertz CT molecular complexity index is 529. The van der Waals surface area contributed by atoms with Gasteiger partial charge in [0, 0.05) is 12.3 Å². The fraction of sp³-hybridized carbons (Fsp3) is 0.100. The molecule has 2 aromatic heterocycles. The smallest absolute Gasteiger partial charge is 0.190 e. The molecule has 0 saturated heterocycles. The molecule has 8 heteroatoms. The molecule has 18 heavy (non-hydrogen) atoms. The molecule has 0 amide bonds. The summed E-state index contributed by atoms with van der Waals surface area (Å²) < 4.78 is 0.932. The molecule has 0 bridgehead atoms. The Labute approximate surface area is 121 Å². The van der Waals surface area contributed by atoms with E-state index < -0.39 is 0 Å². The van der Waals surface area contributed by atoms with Crippen molar-refractivity contribution in [1.82, 2.24) is 15.0 Å². The van der Waals surface area contributed by atoms with E-state index in [-0.39, 0.29) is 0 Å². The van der Waals surface area contributed by atoms with Crippen molar-refractivity contribution in [3.63, 3.8) is 0 Å². The molecule has 0 aliphatic heterocycles. The molecular formula is C10H10BrN5S2. The van der Waals surface area contributed by atoms with E-state index in [2.05, 4.69) is 36.3 Å². The van der Waals surface area contributed by atoms with Crippen LogP contribution in [0.3, 0.4) is 0 Å². The molecule has 0 aliphatic carbocycles. The van der Waals surface area contributed by atoms with Crippen LogP contribution in [0.5, 0.6) is 0 Å². The summed E-state index contributed by atoms with van der Waals surface area (Å²) in [6.07, 6.45) is 3.66. The summed E-state index contributed by atoms with van der Waals surface area (Å²) in [5.74, 6) is 5.97. The van der Waals surface area contributed by atoms with Gasteiger partial charge in [-0.3, -0.25) is 0 Å². The van der Waals surface area contributed by atoms with Gasteiger partial charge in [0.15, 0.2) is 5.16 Å². The average Bonchev–Trinajstić information content (AvgIpc) is 2.41. The van der Waals surface area contributed by atoms with Crippen molar-refractivity contribution < 1.29 is 0 Å². The van der Waals surface area contributed by atoms with Crippen molar-refractivity contribution in [3.8, 4) is 0 Å². The second-order valence-corrected chi connectivity index (χ2v) is 5.75. The number of anilines is 1. The van der Waals surface area contributed by atoms with Gasteiger partial charge in [0.05, 0.1) is 4.47 Å². The number of rotatable bonds is 4. The average molecular weight is 344 g/mol. The number of thioether (sulfide) groups is 1. The van der Waals surface area contributed by atoms with Crippen LogP contribution < -0.4 is 11.3 Å². The lowest BCUT2D eigenvalue weighted by Gasteiger charge is -2.06. The fourth-order valence-electron chi connectivity index (χ4n) is 1.17. The summed E-state index contributed by atoms with van der Waals surface area (Å²) in [6, 6.07) is 5.59. The fourth-order valence-corrected chi connectivity index (χ4v) is 2.88. The maximum atomic E-state index is 5.38. The minimum Gasteiger partial charge on any atom is -0.308 e. The molecule has 0 fully saturated rings.